The van der Waals surface area contributed by atoms with E-state index >= 15 is 0 Å². The molecule has 5 heteroatoms. The summed E-state index contributed by atoms with van der Waals surface area (Å²) < 4.78 is 24.2. The van der Waals surface area contributed by atoms with Gasteiger partial charge in [0.1, 0.15) is 0 Å². The normalized spacial score (nSPS) is 10.7. The second kappa shape index (κ2) is 4.22. The summed E-state index contributed by atoms with van der Waals surface area (Å²) in [5, 5.41) is 3.64. The third-order valence-corrected chi connectivity index (χ3v) is 2.14. The smallest absolute Gasteiger partial charge is 0.315 e. The third-order valence-electron chi connectivity index (χ3n) is 2.14. The van der Waals surface area contributed by atoms with Crippen molar-refractivity contribution in [2.45, 2.75) is 6.43 Å². The van der Waals surface area contributed by atoms with Crippen molar-refractivity contribution in [2.75, 3.05) is 5.32 Å². The molecule has 82 valence electrons. The first kappa shape index (κ1) is 10.5. The van der Waals surface area contributed by atoms with E-state index in [4.69, 9.17) is 0 Å². The molecule has 0 fully saturated rings. The van der Waals surface area contributed by atoms with Crippen molar-refractivity contribution in [2.24, 2.45) is 0 Å². The lowest BCUT2D eigenvalue weighted by Gasteiger charge is -2.07. The van der Waals surface area contributed by atoms with E-state index in [-0.39, 0.29) is 0 Å². The SMILES string of the molecule is O=C(Nc1cccc2cnccc12)C(F)F. The maximum Gasteiger partial charge on any atom is 0.315 e. The van der Waals surface area contributed by atoms with Crippen molar-refractivity contribution in [3.63, 3.8) is 0 Å². The van der Waals surface area contributed by atoms with Crippen molar-refractivity contribution in [1.29, 1.82) is 0 Å². The zero-order chi connectivity index (χ0) is 11.5. The molecule has 0 atom stereocenters. The van der Waals surface area contributed by atoms with Crippen LogP contribution < -0.4 is 5.32 Å². The van der Waals surface area contributed by atoms with E-state index in [0.717, 1.165) is 5.39 Å². The molecule has 16 heavy (non-hydrogen) atoms. The lowest BCUT2D eigenvalue weighted by Crippen LogP contribution is -2.20. The Balaban J connectivity index is 2.41. The fraction of sp³-hybridized carbons (Fsp3) is 0.0909. The molecule has 2 rings (SSSR count). The second-order valence-electron chi connectivity index (χ2n) is 3.19. The van der Waals surface area contributed by atoms with Crippen LogP contribution in [0.2, 0.25) is 0 Å². The van der Waals surface area contributed by atoms with Gasteiger partial charge in [-0.3, -0.25) is 9.78 Å². The van der Waals surface area contributed by atoms with Crippen LogP contribution in [0, 0.1) is 0 Å². The lowest BCUT2D eigenvalue weighted by molar-refractivity contribution is -0.126. The van der Waals surface area contributed by atoms with Crippen LogP contribution in [0.5, 0.6) is 0 Å². The first-order valence-electron chi connectivity index (χ1n) is 4.60. The van der Waals surface area contributed by atoms with E-state index in [0.29, 0.717) is 11.1 Å². The van der Waals surface area contributed by atoms with E-state index in [1.807, 2.05) is 0 Å². The van der Waals surface area contributed by atoms with Gasteiger partial charge in [0.2, 0.25) is 0 Å². The molecule has 0 aliphatic carbocycles. The molecule has 0 unspecified atom stereocenters. The van der Waals surface area contributed by atoms with E-state index in [1.165, 1.54) is 0 Å². The molecule has 3 nitrogen and oxygen atoms in total. The van der Waals surface area contributed by atoms with Gasteiger partial charge in [-0.1, -0.05) is 12.1 Å². The van der Waals surface area contributed by atoms with Crippen LogP contribution in [0.15, 0.2) is 36.7 Å². The number of nitrogens with one attached hydrogen (secondary N) is 1. The average molecular weight is 222 g/mol. The minimum absolute atomic E-state index is 0.366. The molecule has 2 aromatic rings. The number of pyridine rings is 1. The number of hydrogen-bond acceptors (Lipinski definition) is 2. The molecule has 1 aromatic carbocycles. The number of rotatable bonds is 2. The maximum atomic E-state index is 12.1. The molecule has 1 heterocycles. The number of aromatic nitrogens is 1. The summed E-state index contributed by atoms with van der Waals surface area (Å²) in [6, 6.07) is 6.70. The molecule has 1 amide bonds. The van der Waals surface area contributed by atoms with Crippen molar-refractivity contribution >= 4 is 22.4 Å². The number of benzene rings is 1. The Labute approximate surface area is 90.1 Å². The van der Waals surface area contributed by atoms with Gasteiger partial charge in [0.15, 0.2) is 0 Å². The molecule has 0 saturated heterocycles. The molecule has 0 saturated carbocycles. The number of halogens is 2. The van der Waals surface area contributed by atoms with Crippen molar-refractivity contribution in [3.8, 4) is 0 Å². The zero-order valence-corrected chi connectivity index (χ0v) is 8.15. The summed E-state index contributed by atoms with van der Waals surface area (Å²) in [6.45, 7) is 0. The van der Waals surface area contributed by atoms with Crippen LogP contribution in [0.4, 0.5) is 14.5 Å². The summed E-state index contributed by atoms with van der Waals surface area (Å²) >= 11 is 0. The second-order valence-corrected chi connectivity index (χ2v) is 3.19. The third kappa shape index (κ3) is 1.98. The Bertz CT molecular complexity index is 523. The Kier molecular flexibility index (Phi) is 2.76. The average Bonchev–Trinajstić information content (AvgIpc) is 2.29. The summed E-state index contributed by atoms with van der Waals surface area (Å²) in [7, 11) is 0. The van der Waals surface area contributed by atoms with E-state index in [1.54, 1.807) is 36.7 Å². The fourth-order valence-corrected chi connectivity index (χ4v) is 1.42. The van der Waals surface area contributed by atoms with Gasteiger partial charge in [0, 0.05) is 28.9 Å². The van der Waals surface area contributed by atoms with Crippen molar-refractivity contribution in [1.82, 2.24) is 4.98 Å². The van der Waals surface area contributed by atoms with E-state index < -0.39 is 12.3 Å². The summed E-state index contributed by atoms with van der Waals surface area (Å²) in [4.78, 5) is 14.8. The summed E-state index contributed by atoms with van der Waals surface area (Å²) in [5.41, 5.74) is 0.366. The van der Waals surface area contributed by atoms with Gasteiger partial charge >= 0.3 is 6.43 Å². The molecule has 1 N–H and O–H groups in total. The van der Waals surface area contributed by atoms with E-state index in [9.17, 15) is 13.6 Å². The molecule has 1 aromatic heterocycles. The standard InChI is InChI=1S/C11H8F2N2O/c12-10(13)11(16)15-9-3-1-2-7-6-14-5-4-8(7)9/h1-6,10H,(H,15,16). The van der Waals surface area contributed by atoms with Gasteiger partial charge in [0.05, 0.1) is 0 Å². The molecule has 0 aliphatic heterocycles. The number of fused-ring (bicyclic) bond motifs is 1. The molecular weight excluding hydrogens is 214 g/mol. The number of anilines is 1. The number of nitrogens with zero attached hydrogens (tertiary/aromatic N) is 1. The predicted octanol–water partition coefficient (Wildman–Crippen LogP) is 2.44. The Hall–Kier alpha value is -2.04. The number of hydrogen-bond donors (Lipinski definition) is 1. The highest BCUT2D eigenvalue weighted by molar-refractivity contribution is 6.02. The number of alkyl halides is 2. The van der Waals surface area contributed by atoms with Crippen LogP contribution in [-0.2, 0) is 4.79 Å². The highest BCUT2D eigenvalue weighted by Gasteiger charge is 2.15. The highest BCUT2D eigenvalue weighted by Crippen LogP contribution is 2.22. The number of amides is 1. The van der Waals surface area contributed by atoms with Gasteiger partial charge in [-0.2, -0.15) is 8.78 Å². The van der Waals surface area contributed by atoms with Gasteiger partial charge in [-0.15, -0.1) is 0 Å². The van der Waals surface area contributed by atoms with Crippen LogP contribution in [-0.4, -0.2) is 17.3 Å². The van der Waals surface area contributed by atoms with Crippen LogP contribution in [0.3, 0.4) is 0 Å². The van der Waals surface area contributed by atoms with Gasteiger partial charge in [0.25, 0.3) is 5.91 Å². The lowest BCUT2D eigenvalue weighted by atomic mass is 10.1. The quantitative estimate of drug-likeness (QED) is 0.847. The van der Waals surface area contributed by atoms with Gasteiger partial charge < -0.3 is 5.32 Å². The topological polar surface area (TPSA) is 42.0 Å². The first-order chi connectivity index (χ1) is 7.68. The van der Waals surface area contributed by atoms with E-state index in [2.05, 4.69) is 10.3 Å². The van der Waals surface area contributed by atoms with Crippen LogP contribution in [0.1, 0.15) is 0 Å². The first-order valence-corrected chi connectivity index (χ1v) is 4.60. The van der Waals surface area contributed by atoms with Gasteiger partial charge in [-0.05, 0) is 12.1 Å². The minimum atomic E-state index is -3.02. The Morgan fingerprint density at radius 3 is 2.88 bits per heavy atom. The largest absolute Gasteiger partial charge is 0.321 e. The molecule has 0 bridgehead atoms. The van der Waals surface area contributed by atoms with Crippen LogP contribution >= 0.6 is 0 Å². The molecule has 0 aliphatic rings. The molecule has 0 spiro atoms. The number of carbonyl (C=O) groups is 1. The van der Waals surface area contributed by atoms with Crippen molar-refractivity contribution < 1.29 is 13.6 Å². The Morgan fingerprint density at radius 2 is 2.12 bits per heavy atom. The predicted molar refractivity (Wildman–Crippen MR) is 56.4 cm³/mol. The number of carbonyl (C=O) groups excluding carboxylic acids is 1. The van der Waals surface area contributed by atoms with Crippen LogP contribution in [0.25, 0.3) is 10.8 Å². The summed E-state index contributed by atoms with van der Waals surface area (Å²) in [6.07, 6.45) is 0.130. The maximum absolute atomic E-state index is 12.1. The van der Waals surface area contributed by atoms with Gasteiger partial charge in [-0.25, -0.2) is 0 Å². The molecular formula is C11H8F2N2O. The fourth-order valence-electron chi connectivity index (χ4n) is 1.42. The summed E-state index contributed by atoms with van der Waals surface area (Å²) in [5.74, 6) is -1.30. The monoisotopic (exact) mass is 222 g/mol. The molecule has 0 radical (unpaired) electrons. The highest BCUT2D eigenvalue weighted by atomic mass is 19.3. The zero-order valence-electron chi connectivity index (χ0n) is 8.15. The minimum Gasteiger partial charge on any atom is -0.321 e. The Morgan fingerprint density at radius 1 is 1.31 bits per heavy atom. The van der Waals surface area contributed by atoms with Crippen molar-refractivity contribution in [3.05, 3.63) is 36.7 Å².